The van der Waals surface area contributed by atoms with Gasteiger partial charge in [0, 0.05) is 0 Å². The fraction of sp³-hybridized carbons (Fsp3) is 1.00. The van der Waals surface area contributed by atoms with Gasteiger partial charge in [0.2, 0.25) is 0 Å². The van der Waals surface area contributed by atoms with E-state index in [1.165, 1.54) is 64.2 Å². The summed E-state index contributed by atoms with van der Waals surface area (Å²) in [6, 6.07) is 0. The van der Waals surface area contributed by atoms with E-state index in [0.717, 1.165) is 41.9 Å². The first-order valence-corrected chi connectivity index (χ1v) is 13.4. The molecule has 1 nitrogen and oxygen atoms in total. The third kappa shape index (κ3) is 3.64. The lowest BCUT2D eigenvalue weighted by Crippen LogP contribution is -2.54. The third-order valence-electron chi connectivity index (χ3n) is 11.2. The molecule has 1 heteroatoms. The molecule has 0 aliphatic heterocycles. The summed E-state index contributed by atoms with van der Waals surface area (Å²) in [5, 5.41) is 11.3. The quantitative estimate of drug-likeness (QED) is 0.499. The normalized spacial score (nSPS) is 50.7. The molecule has 0 bridgehead atoms. The highest BCUT2D eigenvalue weighted by Gasteiger charge is 2.62. The number of fused-ring (bicyclic) bond motifs is 5. The van der Waals surface area contributed by atoms with Gasteiger partial charge >= 0.3 is 0 Å². The lowest BCUT2D eigenvalue weighted by molar-refractivity contribution is -0.128. The van der Waals surface area contributed by atoms with E-state index in [1.807, 2.05) is 0 Å². The molecule has 0 radical (unpaired) electrons. The zero-order valence-electron chi connectivity index (χ0n) is 20.4. The van der Waals surface area contributed by atoms with Gasteiger partial charge in [-0.25, -0.2) is 0 Å². The second-order valence-electron chi connectivity index (χ2n) is 13.1. The number of aliphatic hydroxyl groups excluding tert-OH is 1. The van der Waals surface area contributed by atoms with Crippen LogP contribution in [0.15, 0.2) is 0 Å². The highest BCUT2D eigenvalue weighted by molar-refractivity contribution is 5.11. The third-order valence-corrected chi connectivity index (χ3v) is 11.2. The Kier molecular flexibility index (Phi) is 6.22. The maximum Gasteiger partial charge on any atom is 0.0579 e. The monoisotopic (exact) mass is 402 g/mol. The van der Waals surface area contributed by atoms with E-state index in [2.05, 4.69) is 41.5 Å². The van der Waals surface area contributed by atoms with Gasteiger partial charge in [-0.2, -0.15) is 0 Å². The van der Waals surface area contributed by atoms with Gasteiger partial charge in [0.05, 0.1) is 6.10 Å². The summed E-state index contributed by atoms with van der Waals surface area (Å²) in [6.45, 7) is 15.0. The molecule has 0 spiro atoms. The molecule has 0 amide bonds. The first-order valence-electron chi connectivity index (χ1n) is 13.4. The van der Waals surface area contributed by atoms with Crippen LogP contribution in [0.2, 0.25) is 0 Å². The maximum atomic E-state index is 11.3. The number of hydrogen-bond acceptors (Lipinski definition) is 1. The Morgan fingerprint density at radius 2 is 1.62 bits per heavy atom. The van der Waals surface area contributed by atoms with E-state index in [9.17, 15) is 5.11 Å². The fourth-order valence-electron chi connectivity index (χ4n) is 9.91. The second kappa shape index (κ2) is 8.14. The first-order chi connectivity index (χ1) is 13.7. The van der Waals surface area contributed by atoms with Crippen molar-refractivity contribution in [3.63, 3.8) is 0 Å². The Morgan fingerprint density at radius 3 is 2.34 bits per heavy atom. The molecule has 4 aliphatic rings. The molecule has 4 saturated carbocycles. The standard InChI is InChI=1S/C28H50O/c1-18(2)9-7-10-20(4)26-25(29)17-24-21-12-13-22-19(3)11-8-15-27(22,5)23(21)14-16-28(24,26)6/h18-26,29H,7-17H2,1-6H3/t19?,20-,21-,22?,23+,24+,25?,26+,27+,28+/m1/s1. The number of rotatable bonds is 5. The SMILES string of the molecule is CC(C)CCC[C@@H](C)[C@H]1C(O)C[C@H]2[C@@H]3CCC4C(C)CCC[C@]4(C)[C@H]3CC[C@]12C. The molecular weight excluding hydrogens is 352 g/mol. The summed E-state index contributed by atoms with van der Waals surface area (Å²) in [5.41, 5.74) is 0.981. The van der Waals surface area contributed by atoms with Crippen molar-refractivity contribution in [3.05, 3.63) is 0 Å². The van der Waals surface area contributed by atoms with Gasteiger partial charge in [0.15, 0.2) is 0 Å². The van der Waals surface area contributed by atoms with Crippen molar-refractivity contribution in [1.29, 1.82) is 0 Å². The molecule has 3 unspecified atom stereocenters. The summed E-state index contributed by atoms with van der Waals surface area (Å²) >= 11 is 0. The van der Waals surface area contributed by atoms with Crippen LogP contribution in [0.5, 0.6) is 0 Å². The van der Waals surface area contributed by atoms with E-state index in [0.29, 0.717) is 22.7 Å². The van der Waals surface area contributed by atoms with Gasteiger partial charge in [-0.3, -0.25) is 0 Å². The van der Waals surface area contributed by atoms with Crippen LogP contribution in [-0.2, 0) is 0 Å². The van der Waals surface area contributed by atoms with Gasteiger partial charge < -0.3 is 5.11 Å². The molecule has 4 aliphatic carbocycles. The van der Waals surface area contributed by atoms with Crippen molar-refractivity contribution in [1.82, 2.24) is 0 Å². The lowest BCUT2D eigenvalue weighted by atomic mass is 9.43. The molecule has 29 heavy (non-hydrogen) atoms. The van der Waals surface area contributed by atoms with Crippen molar-refractivity contribution in [2.45, 2.75) is 118 Å². The van der Waals surface area contributed by atoms with Gasteiger partial charge in [-0.15, -0.1) is 0 Å². The zero-order chi connectivity index (χ0) is 21.0. The number of aliphatic hydroxyl groups is 1. The summed E-state index contributed by atoms with van der Waals surface area (Å²) in [5.74, 6) is 6.54. The van der Waals surface area contributed by atoms with E-state index in [-0.39, 0.29) is 6.10 Å². The average Bonchev–Trinajstić information content (AvgIpc) is 2.91. The summed E-state index contributed by atoms with van der Waals surface area (Å²) in [6.07, 6.45) is 15.2. The molecule has 168 valence electrons. The van der Waals surface area contributed by atoms with Crippen LogP contribution in [0, 0.1) is 58.2 Å². The second-order valence-corrected chi connectivity index (χ2v) is 13.1. The van der Waals surface area contributed by atoms with Gasteiger partial charge in [-0.1, -0.05) is 73.6 Å². The molecule has 4 rings (SSSR count). The van der Waals surface area contributed by atoms with Crippen LogP contribution in [0.1, 0.15) is 112 Å². The molecule has 10 atom stereocenters. The molecule has 0 aromatic rings. The minimum atomic E-state index is -0.0476. The Hall–Kier alpha value is -0.0400. The average molecular weight is 403 g/mol. The minimum absolute atomic E-state index is 0.0476. The Morgan fingerprint density at radius 1 is 0.862 bits per heavy atom. The molecule has 0 heterocycles. The van der Waals surface area contributed by atoms with Crippen LogP contribution < -0.4 is 0 Å². The zero-order valence-corrected chi connectivity index (χ0v) is 20.4. The van der Waals surface area contributed by atoms with E-state index < -0.39 is 0 Å². The lowest BCUT2D eigenvalue weighted by Gasteiger charge is -2.62. The van der Waals surface area contributed by atoms with Crippen molar-refractivity contribution in [2.75, 3.05) is 0 Å². The molecule has 0 saturated heterocycles. The first kappa shape index (κ1) is 22.2. The predicted octanol–water partition coefficient (Wildman–Crippen LogP) is 7.71. The van der Waals surface area contributed by atoms with Crippen molar-refractivity contribution in [3.8, 4) is 0 Å². The summed E-state index contributed by atoms with van der Waals surface area (Å²) < 4.78 is 0. The molecular formula is C28H50O. The smallest absolute Gasteiger partial charge is 0.0579 e. The van der Waals surface area contributed by atoms with Crippen molar-refractivity contribution in [2.24, 2.45) is 58.2 Å². The highest BCUT2D eigenvalue weighted by Crippen LogP contribution is 2.68. The molecule has 0 aromatic heterocycles. The highest BCUT2D eigenvalue weighted by atomic mass is 16.3. The summed E-state index contributed by atoms with van der Waals surface area (Å²) in [7, 11) is 0. The fourth-order valence-corrected chi connectivity index (χ4v) is 9.91. The van der Waals surface area contributed by atoms with Crippen LogP contribution in [0.25, 0.3) is 0 Å². The molecule has 0 aromatic carbocycles. The minimum Gasteiger partial charge on any atom is -0.393 e. The van der Waals surface area contributed by atoms with Crippen LogP contribution >= 0.6 is 0 Å². The van der Waals surface area contributed by atoms with Gasteiger partial charge in [0.1, 0.15) is 0 Å². The Bertz CT molecular complexity index is 569. The van der Waals surface area contributed by atoms with Crippen molar-refractivity contribution < 1.29 is 5.11 Å². The molecule has 4 fully saturated rings. The molecule has 1 N–H and O–H groups in total. The Balaban J connectivity index is 1.52. The van der Waals surface area contributed by atoms with Crippen LogP contribution in [-0.4, -0.2) is 11.2 Å². The van der Waals surface area contributed by atoms with Gasteiger partial charge in [0.25, 0.3) is 0 Å². The van der Waals surface area contributed by atoms with E-state index in [4.69, 9.17) is 0 Å². The predicted molar refractivity (Wildman–Crippen MR) is 124 cm³/mol. The van der Waals surface area contributed by atoms with E-state index in [1.54, 1.807) is 0 Å². The number of hydrogen-bond donors (Lipinski definition) is 1. The Labute approximate surface area is 181 Å². The maximum absolute atomic E-state index is 11.3. The van der Waals surface area contributed by atoms with Crippen LogP contribution in [0.4, 0.5) is 0 Å². The van der Waals surface area contributed by atoms with Crippen molar-refractivity contribution >= 4 is 0 Å². The van der Waals surface area contributed by atoms with E-state index >= 15 is 0 Å². The van der Waals surface area contributed by atoms with Gasteiger partial charge in [-0.05, 0) is 96.7 Å². The largest absolute Gasteiger partial charge is 0.393 e. The summed E-state index contributed by atoms with van der Waals surface area (Å²) in [4.78, 5) is 0. The topological polar surface area (TPSA) is 20.2 Å². The van der Waals surface area contributed by atoms with Crippen LogP contribution in [0.3, 0.4) is 0 Å².